The summed E-state index contributed by atoms with van der Waals surface area (Å²) in [4.78, 5) is 10.9. The molecule has 0 spiro atoms. The van der Waals surface area contributed by atoms with Crippen molar-refractivity contribution in [3.8, 4) is 0 Å². The predicted octanol–water partition coefficient (Wildman–Crippen LogP) is -0.524. The van der Waals surface area contributed by atoms with Crippen LogP contribution in [0.2, 0.25) is 0 Å². The van der Waals surface area contributed by atoms with Crippen LogP contribution in [-0.4, -0.2) is 33.7 Å². The molecule has 0 radical (unpaired) electrons. The minimum Gasteiger partial charge on any atom is -0.468 e. The van der Waals surface area contributed by atoms with Gasteiger partial charge in [-0.25, -0.2) is 0 Å². The number of hydrogen-bond acceptors (Lipinski definition) is 5. The Balaban J connectivity index is 2.70. The second-order valence-corrected chi connectivity index (χ2v) is 2.01. The van der Waals surface area contributed by atoms with Crippen molar-refractivity contribution >= 4 is 5.97 Å². The maximum absolute atomic E-state index is 10.9. The van der Waals surface area contributed by atoms with Gasteiger partial charge in [-0.3, -0.25) is 4.79 Å². The lowest BCUT2D eigenvalue weighted by Crippen LogP contribution is -2.12. The molecule has 0 saturated carbocycles. The highest BCUT2D eigenvalue weighted by Crippen LogP contribution is 2.08. The molecule has 1 heterocycles. The van der Waals surface area contributed by atoms with Crippen molar-refractivity contribution in [1.82, 2.24) is 20.6 Å². The maximum Gasteiger partial charge on any atom is 0.316 e. The Kier molecular flexibility index (Phi) is 2.15. The number of carbonyl (C=O) groups is 1. The van der Waals surface area contributed by atoms with Crippen molar-refractivity contribution < 1.29 is 9.53 Å². The van der Waals surface area contributed by atoms with Gasteiger partial charge in [0.1, 0.15) is 5.92 Å². The summed E-state index contributed by atoms with van der Waals surface area (Å²) in [6.07, 6.45) is 0. The van der Waals surface area contributed by atoms with Crippen molar-refractivity contribution in [3.63, 3.8) is 0 Å². The number of rotatable bonds is 2. The number of nitrogens with one attached hydrogen (secondary N) is 1. The molecule has 0 aliphatic heterocycles. The van der Waals surface area contributed by atoms with Crippen molar-refractivity contribution in [2.24, 2.45) is 0 Å². The van der Waals surface area contributed by atoms with Crippen LogP contribution in [0.1, 0.15) is 18.7 Å². The van der Waals surface area contributed by atoms with Gasteiger partial charge >= 0.3 is 5.97 Å². The Bertz CT molecular complexity index is 233. The first-order valence-corrected chi connectivity index (χ1v) is 3.07. The number of H-pyrrole nitrogens is 1. The Labute approximate surface area is 62.9 Å². The van der Waals surface area contributed by atoms with Crippen LogP contribution in [-0.2, 0) is 9.53 Å². The first-order chi connectivity index (χ1) is 5.25. The molecule has 0 aliphatic rings. The zero-order valence-corrected chi connectivity index (χ0v) is 6.24. The smallest absolute Gasteiger partial charge is 0.316 e. The molecule has 6 nitrogen and oxygen atoms in total. The Morgan fingerprint density at radius 2 is 2.45 bits per heavy atom. The van der Waals surface area contributed by atoms with Gasteiger partial charge in [-0.15, -0.1) is 10.2 Å². The number of methoxy groups -OCH3 is 1. The summed E-state index contributed by atoms with van der Waals surface area (Å²) >= 11 is 0. The third-order valence-electron chi connectivity index (χ3n) is 1.30. The van der Waals surface area contributed by atoms with Crippen molar-refractivity contribution in [2.45, 2.75) is 12.8 Å². The van der Waals surface area contributed by atoms with Crippen LogP contribution in [0.4, 0.5) is 0 Å². The Morgan fingerprint density at radius 1 is 1.73 bits per heavy atom. The molecular formula is C5H8N4O2. The monoisotopic (exact) mass is 156 g/mol. The lowest BCUT2D eigenvalue weighted by molar-refractivity contribution is -0.142. The third kappa shape index (κ3) is 1.51. The van der Waals surface area contributed by atoms with E-state index in [0.717, 1.165) is 0 Å². The van der Waals surface area contributed by atoms with Gasteiger partial charge in [0.15, 0.2) is 5.82 Å². The molecule has 0 bridgehead atoms. The molecule has 1 atom stereocenters. The largest absolute Gasteiger partial charge is 0.468 e. The topological polar surface area (TPSA) is 80.8 Å². The fourth-order valence-corrected chi connectivity index (χ4v) is 0.635. The lowest BCUT2D eigenvalue weighted by Gasteiger charge is -2.01. The highest BCUT2D eigenvalue weighted by Gasteiger charge is 2.19. The number of aromatic amines is 1. The average molecular weight is 156 g/mol. The van der Waals surface area contributed by atoms with E-state index in [9.17, 15) is 4.79 Å². The number of esters is 1. The van der Waals surface area contributed by atoms with Gasteiger partial charge in [0.2, 0.25) is 0 Å². The fourth-order valence-electron chi connectivity index (χ4n) is 0.635. The maximum atomic E-state index is 10.9. The van der Waals surface area contributed by atoms with E-state index in [4.69, 9.17) is 0 Å². The summed E-state index contributed by atoms with van der Waals surface area (Å²) in [6.45, 7) is 1.65. The summed E-state index contributed by atoms with van der Waals surface area (Å²) in [6, 6.07) is 0. The van der Waals surface area contributed by atoms with Gasteiger partial charge in [-0.05, 0) is 6.92 Å². The minimum atomic E-state index is -0.459. The standard InChI is InChI=1S/C5H8N4O2/c1-3(5(10)11-2)4-6-8-9-7-4/h3H,1-2H3,(H,6,7,8,9). The second kappa shape index (κ2) is 3.09. The molecule has 6 heteroatoms. The average Bonchev–Trinajstić information content (AvgIpc) is 2.53. The highest BCUT2D eigenvalue weighted by molar-refractivity contribution is 5.76. The first-order valence-electron chi connectivity index (χ1n) is 3.07. The predicted molar refractivity (Wildman–Crippen MR) is 34.6 cm³/mol. The summed E-state index contributed by atoms with van der Waals surface area (Å²) in [7, 11) is 1.32. The molecule has 11 heavy (non-hydrogen) atoms. The van der Waals surface area contributed by atoms with Gasteiger partial charge in [0.05, 0.1) is 7.11 Å². The fraction of sp³-hybridized carbons (Fsp3) is 0.600. The van der Waals surface area contributed by atoms with Gasteiger partial charge in [-0.2, -0.15) is 5.21 Å². The first kappa shape index (κ1) is 7.64. The molecule has 0 aliphatic carbocycles. The van der Waals surface area contributed by atoms with Crippen molar-refractivity contribution in [3.05, 3.63) is 5.82 Å². The van der Waals surface area contributed by atoms with E-state index in [1.807, 2.05) is 0 Å². The van der Waals surface area contributed by atoms with Crippen LogP contribution in [0.15, 0.2) is 0 Å². The van der Waals surface area contributed by atoms with Crippen molar-refractivity contribution in [2.75, 3.05) is 7.11 Å². The molecule has 1 N–H and O–H groups in total. The van der Waals surface area contributed by atoms with Gasteiger partial charge in [0, 0.05) is 0 Å². The van der Waals surface area contributed by atoms with E-state index in [2.05, 4.69) is 25.4 Å². The summed E-state index contributed by atoms with van der Waals surface area (Å²) in [5, 5.41) is 12.8. The molecule has 1 rings (SSSR count). The van der Waals surface area contributed by atoms with Crippen LogP contribution in [0.5, 0.6) is 0 Å². The van der Waals surface area contributed by atoms with E-state index in [-0.39, 0.29) is 5.97 Å². The van der Waals surface area contributed by atoms with Crippen LogP contribution >= 0.6 is 0 Å². The van der Waals surface area contributed by atoms with Crippen LogP contribution < -0.4 is 0 Å². The summed E-state index contributed by atoms with van der Waals surface area (Å²) in [5.41, 5.74) is 0. The normalized spacial score (nSPS) is 12.5. The molecule has 0 saturated heterocycles. The zero-order chi connectivity index (χ0) is 8.27. The van der Waals surface area contributed by atoms with Crippen molar-refractivity contribution in [1.29, 1.82) is 0 Å². The van der Waals surface area contributed by atoms with E-state index < -0.39 is 5.92 Å². The van der Waals surface area contributed by atoms with Crippen LogP contribution in [0.25, 0.3) is 0 Å². The summed E-state index contributed by atoms with van der Waals surface area (Å²) in [5.74, 6) is -0.484. The molecule has 1 aromatic rings. The second-order valence-electron chi connectivity index (χ2n) is 2.01. The molecule has 0 aromatic carbocycles. The number of nitrogens with zero attached hydrogens (tertiary/aromatic N) is 3. The van der Waals surface area contributed by atoms with E-state index >= 15 is 0 Å². The molecule has 0 fully saturated rings. The summed E-state index contributed by atoms with van der Waals surface area (Å²) < 4.78 is 4.48. The van der Waals surface area contributed by atoms with E-state index in [1.54, 1.807) is 6.92 Å². The van der Waals surface area contributed by atoms with Gasteiger partial charge in [-0.1, -0.05) is 5.21 Å². The lowest BCUT2D eigenvalue weighted by atomic mass is 10.2. The molecule has 0 amide bonds. The number of hydrogen-bond donors (Lipinski definition) is 1. The molecule has 60 valence electrons. The SMILES string of the molecule is COC(=O)C(C)c1nn[nH]n1. The zero-order valence-electron chi connectivity index (χ0n) is 6.24. The van der Waals surface area contributed by atoms with Crippen LogP contribution in [0.3, 0.4) is 0 Å². The van der Waals surface area contributed by atoms with Gasteiger partial charge in [0.25, 0.3) is 0 Å². The quantitative estimate of drug-likeness (QED) is 0.582. The number of aromatic nitrogens is 4. The number of carbonyl (C=O) groups excluding carboxylic acids is 1. The third-order valence-corrected chi connectivity index (χ3v) is 1.30. The van der Waals surface area contributed by atoms with E-state index in [0.29, 0.717) is 5.82 Å². The highest BCUT2D eigenvalue weighted by atomic mass is 16.5. The van der Waals surface area contributed by atoms with Gasteiger partial charge < -0.3 is 4.74 Å². The molecule has 1 aromatic heterocycles. The Hall–Kier alpha value is -1.46. The van der Waals surface area contributed by atoms with Crippen LogP contribution in [0, 0.1) is 0 Å². The molecule has 1 unspecified atom stereocenters. The minimum absolute atomic E-state index is 0.344. The van der Waals surface area contributed by atoms with E-state index in [1.165, 1.54) is 7.11 Å². The Morgan fingerprint density at radius 3 is 2.91 bits per heavy atom. The number of ether oxygens (including phenoxy) is 1. The molecular weight excluding hydrogens is 148 g/mol. The number of tetrazole rings is 1.